The molecule has 4 aromatic rings. The monoisotopic (exact) mass is 396 g/mol. The van der Waals surface area contributed by atoms with Crippen molar-refractivity contribution in [1.29, 1.82) is 0 Å². The van der Waals surface area contributed by atoms with Gasteiger partial charge in [-0.1, -0.05) is 48.5 Å². The molecule has 150 valence electrons. The Morgan fingerprint density at radius 2 is 1.67 bits per heavy atom. The second-order valence-corrected chi connectivity index (χ2v) is 7.15. The van der Waals surface area contributed by atoms with Crippen molar-refractivity contribution < 1.29 is 9.53 Å². The first-order valence-corrected chi connectivity index (χ1v) is 10.1. The number of amides is 1. The second kappa shape index (κ2) is 9.23. The number of fused-ring (bicyclic) bond motifs is 1. The minimum Gasteiger partial charge on any atom is -0.497 e. The molecule has 4 nitrogen and oxygen atoms in total. The van der Waals surface area contributed by atoms with Gasteiger partial charge >= 0.3 is 0 Å². The Morgan fingerprint density at radius 3 is 2.43 bits per heavy atom. The van der Waals surface area contributed by atoms with Crippen LogP contribution < -0.4 is 10.1 Å². The van der Waals surface area contributed by atoms with E-state index in [4.69, 9.17) is 9.72 Å². The van der Waals surface area contributed by atoms with Crippen molar-refractivity contribution in [3.8, 4) is 17.0 Å². The molecule has 1 aromatic heterocycles. The average Bonchev–Trinajstić information content (AvgIpc) is 2.81. The molecular formula is C26H24N2O2. The van der Waals surface area contributed by atoms with Gasteiger partial charge in [0.05, 0.1) is 23.9 Å². The number of ether oxygens (including phenoxy) is 1. The Morgan fingerprint density at radius 1 is 0.933 bits per heavy atom. The van der Waals surface area contributed by atoms with Crippen molar-refractivity contribution in [2.75, 3.05) is 13.7 Å². The summed E-state index contributed by atoms with van der Waals surface area (Å²) in [5.74, 6) is 0.715. The third-order valence-electron chi connectivity index (χ3n) is 5.12. The van der Waals surface area contributed by atoms with Crippen molar-refractivity contribution in [3.63, 3.8) is 0 Å². The zero-order chi connectivity index (χ0) is 20.8. The van der Waals surface area contributed by atoms with Crippen molar-refractivity contribution in [2.45, 2.75) is 12.8 Å². The van der Waals surface area contributed by atoms with Crippen LogP contribution in [-0.2, 0) is 6.42 Å². The van der Waals surface area contributed by atoms with Crippen molar-refractivity contribution in [3.05, 3.63) is 96.1 Å². The molecule has 1 N–H and O–H groups in total. The number of para-hydroxylation sites is 1. The van der Waals surface area contributed by atoms with E-state index in [1.807, 2.05) is 72.8 Å². The summed E-state index contributed by atoms with van der Waals surface area (Å²) < 4.78 is 5.24. The van der Waals surface area contributed by atoms with Crippen LogP contribution in [-0.4, -0.2) is 24.5 Å². The van der Waals surface area contributed by atoms with E-state index in [2.05, 4.69) is 17.4 Å². The lowest BCUT2D eigenvalue weighted by Gasteiger charge is -2.11. The molecule has 1 amide bonds. The highest BCUT2D eigenvalue weighted by atomic mass is 16.5. The van der Waals surface area contributed by atoms with Gasteiger partial charge in [-0.3, -0.25) is 4.79 Å². The molecule has 0 saturated carbocycles. The molecule has 0 aliphatic rings. The van der Waals surface area contributed by atoms with Gasteiger partial charge in [-0.05, 0) is 54.8 Å². The highest BCUT2D eigenvalue weighted by molar-refractivity contribution is 6.07. The summed E-state index contributed by atoms with van der Waals surface area (Å²) >= 11 is 0. The molecule has 3 aromatic carbocycles. The normalized spacial score (nSPS) is 10.7. The fraction of sp³-hybridized carbons (Fsp3) is 0.154. The summed E-state index contributed by atoms with van der Waals surface area (Å²) in [5.41, 5.74) is 4.44. The second-order valence-electron chi connectivity index (χ2n) is 7.15. The van der Waals surface area contributed by atoms with E-state index in [1.165, 1.54) is 5.56 Å². The Labute approximate surface area is 176 Å². The summed E-state index contributed by atoms with van der Waals surface area (Å²) in [6.07, 6.45) is 1.83. The van der Waals surface area contributed by atoms with Crippen molar-refractivity contribution in [2.24, 2.45) is 0 Å². The lowest BCUT2D eigenvalue weighted by molar-refractivity contribution is 0.0955. The molecule has 0 aliphatic heterocycles. The number of carbonyl (C=O) groups is 1. The van der Waals surface area contributed by atoms with Crippen LogP contribution in [0, 0.1) is 0 Å². The van der Waals surface area contributed by atoms with E-state index in [0.29, 0.717) is 12.1 Å². The fourth-order valence-corrected chi connectivity index (χ4v) is 3.51. The molecule has 0 spiro atoms. The van der Waals surface area contributed by atoms with Gasteiger partial charge in [0.25, 0.3) is 5.91 Å². The number of aryl methyl sites for hydroxylation is 1. The van der Waals surface area contributed by atoms with E-state index >= 15 is 0 Å². The zero-order valence-electron chi connectivity index (χ0n) is 17.0. The number of carbonyl (C=O) groups excluding carboxylic acids is 1. The Hall–Kier alpha value is -3.66. The van der Waals surface area contributed by atoms with Gasteiger partial charge in [-0.15, -0.1) is 0 Å². The van der Waals surface area contributed by atoms with Crippen LogP contribution >= 0.6 is 0 Å². The first kappa shape index (κ1) is 19.6. The first-order chi connectivity index (χ1) is 14.7. The number of hydrogen-bond donors (Lipinski definition) is 1. The number of methoxy groups -OCH3 is 1. The standard InChI is InChI=1S/C26H24N2O2/c1-30-21-15-13-20(14-16-21)25-18-23(22-11-5-6-12-24(22)28-25)26(29)27-17-7-10-19-8-3-2-4-9-19/h2-6,8-9,11-16,18H,7,10,17H2,1H3,(H,27,29). The summed E-state index contributed by atoms with van der Waals surface area (Å²) in [6, 6.07) is 27.6. The van der Waals surface area contributed by atoms with Crippen LogP contribution in [0.1, 0.15) is 22.3 Å². The molecule has 0 bridgehead atoms. The highest BCUT2D eigenvalue weighted by Gasteiger charge is 2.13. The highest BCUT2D eigenvalue weighted by Crippen LogP contribution is 2.26. The predicted molar refractivity (Wildman–Crippen MR) is 121 cm³/mol. The molecule has 1 heterocycles. The van der Waals surface area contributed by atoms with Gasteiger partial charge < -0.3 is 10.1 Å². The molecule has 4 heteroatoms. The van der Waals surface area contributed by atoms with Gasteiger partial charge in [-0.2, -0.15) is 0 Å². The third kappa shape index (κ3) is 4.49. The minimum absolute atomic E-state index is 0.0728. The van der Waals surface area contributed by atoms with E-state index in [9.17, 15) is 4.79 Å². The quantitative estimate of drug-likeness (QED) is 0.433. The summed E-state index contributed by atoms with van der Waals surface area (Å²) in [7, 11) is 1.64. The molecule has 30 heavy (non-hydrogen) atoms. The molecule has 0 atom stereocenters. The number of pyridine rings is 1. The van der Waals surface area contributed by atoms with Gasteiger partial charge in [0.1, 0.15) is 5.75 Å². The van der Waals surface area contributed by atoms with E-state index < -0.39 is 0 Å². The van der Waals surface area contributed by atoms with Crippen LogP contribution in [0.2, 0.25) is 0 Å². The number of benzene rings is 3. The lowest BCUT2D eigenvalue weighted by Crippen LogP contribution is -2.25. The van der Waals surface area contributed by atoms with Gasteiger partial charge in [-0.25, -0.2) is 4.98 Å². The smallest absolute Gasteiger partial charge is 0.252 e. The third-order valence-corrected chi connectivity index (χ3v) is 5.12. The number of rotatable bonds is 7. The van der Waals surface area contributed by atoms with Crippen LogP contribution in [0.3, 0.4) is 0 Å². The Kier molecular flexibility index (Phi) is 6.04. The maximum Gasteiger partial charge on any atom is 0.252 e. The van der Waals surface area contributed by atoms with E-state index in [-0.39, 0.29) is 5.91 Å². The largest absolute Gasteiger partial charge is 0.497 e. The zero-order valence-corrected chi connectivity index (χ0v) is 17.0. The van der Waals surface area contributed by atoms with E-state index in [1.54, 1.807) is 7.11 Å². The topological polar surface area (TPSA) is 51.2 Å². The molecule has 0 radical (unpaired) electrons. The van der Waals surface area contributed by atoms with E-state index in [0.717, 1.165) is 40.8 Å². The van der Waals surface area contributed by atoms with Crippen molar-refractivity contribution >= 4 is 16.8 Å². The maximum atomic E-state index is 13.0. The number of aromatic nitrogens is 1. The molecule has 4 rings (SSSR count). The Bertz CT molecular complexity index is 1140. The van der Waals surface area contributed by atoms with Crippen LogP contribution in [0.4, 0.5) is 0 Å². The predicted octanol–water partition coefficient (Wildman–Crippen LogP) is 5.27. The van der Waals surface area contributed by atoms with Gasteiger partial charge in [0.2, 0.25) is 0 Å². The van der Waals surface area contributed by atoms with Crippen LogP contribution in [0.25, 0.3) is 22.2 Å². The minimum atomic E-state index is -0.0728. The molecular weight excluding hydrogens is 372 g/mol. The van der Waals surface area contributed by atoms with Crippen LogP contribution in [0.15, 0.2) is 84.9 Å². The average molecular weight is 396 g/mol. The van der Waals surface area contributed by atoms with Crippen molar-refractivity contribution in [1.82, 2.24) is 10.3 Å². The number of hydrogen-bond acceptors (Lipinski definition) is 3. The van der Waals surface area contributed by atoms with Crippen LogP contribution in [0.5, 0.6) is 5.75 Å². The number of nitrogens with zero attached hydrogens (tertiary/aromatic N) is 1. The first-order valence-electron chi connectivity index (χ1n) is 10.1. The molecule has 0 fully saturated rings. The lowest BCUT2D eigenvalue weighted by atomic mass is 10.0. The fourth-order valence-electron chi connectivity index (χ4n) is 3.51. The molecule has 0 aliphatic carbocycles. The Balaban J connectivity index is 1.54. The summed E-state index contributed by atoms with van der Waals surface area (Å²) in [4.78, 5) is 17.8. The summed E-state index contributed by atoms with van der Waals surface area (Å²) in [6.45, 7) is 0.627. The van der Waals surface area contributed by atoms with Gasteiger partial charge in [0, 0.05) is 17.5 Å². The molecule has 0 unspecified atom stereocenters. The van der Waals surface area contributed by atoms with Gasteiger partial charge in [0.15, 0.2) is 0 Å². The molecule has 0 saturated heterocycles. The SMILES string of the molecule is COc1ccc(-c2cc(C(=O)NCCCc3ccccc3)c3ccccc3n2)cc1. The number of nitrogens with one attached hydrogen (secondary N) is 1. The summed E-state index contributed by atoms with van der Waals surface area (Å²) in [5, 5.41) is 3.93. The maximum absolute atomic E-state index is 13.0.